The van der Waals surface area contributed by atoms with Gasteiger partial charge in [0.15, 0.2) is 0 Å². The van der Waals surface area contributed by atoms with E-state index < -0.39 is 17.8 Å². The van der Waals surface area contributed by atoms with Gasteiger partial charge in [-0.05, 0) is 19.1 Å². The summed E-state index contributed by atoms with van der Waals surface area (Å²) < 4.78 is 7.84. The minimum atomic E-state index is -1.13. The molecule has 2 amide bonds. The van der Waals surface area contributed by atoms with E-state index in [1.807, 2.05) is 6.92 Å². The number of nitrogens with one attached hydrogen (secondary N) is 2. The van der Waals surface area contributed by atoms with Crippen LogP contribution in [0.25, 0.3) is 0 Å². The van der Waals surface area contributed by atoms with Crippen LogP contribution in [-0.4, -0.2) is 42.5 Å². The Morgan fingerprint density at radius 3 is 2.71 bits per heavy atom. The summed E-state index contributed by atoms with van der Waals surface area (Å²) in [6.07, 6.45) is 5.29. The van der Waals surface area contributed by atoms with Crippen molar-refractivity contribution in [1.29, 1.82) is 0 Å². The van der Waals surface area contributed by atoms with Gasteiger partial charge < -0.3 is 20.2 Å². The van der Waals surface area contributed by atoms with Crippen molar-refractivity contribution >= 4 is 23.5 Å². The highest BCUT2D eigenvalue weighted by Crippen LogP contribution is 2.16. The molecule has 0 atom stereocenters. The molecule has 0 bridgehead atoms. The van der Waals surface area contributed by atoms with Gasteiger partial charge in [-0.1, -0.05) is 0 Å². The summed E-state index contributed by atoms with van der Waals surface area (Å²) in [5, 5.41) is 22.1. The number of rotatable bonds is 8. The van der Waals surface area contributed by atoms with Gasteiger partial charge in [-0.2, -0.15) is 10.2 Å². The largest absolute Gasteiger partial charge is 0.478 e. The minimum Gasteiger partial charge on any atom is -0.478 e. The van der Waals surface area contributed by atoms with E-state index in [0.29, 0.717) is 12.3 Å². The number of carboxylic acids is 1. The number of carboxylic acid groups (broad SMARTS) is 1. The van der Waals surface area contributed by atoms with Crippen molar-refractivity contribution in [3.05, 3.63) is 54.0 Å². The van der Waals surface area contributed by atoms with Crippen LogP contribution in [0, 0.1) is 0 Å². The molecule has 3 aromatic heterocycles. The first-order chi connectivity index (χ1) is 13.5. The fourth-order valence-electron chi connectivity index (χ4n) is 2.52. The summed E-state index contributed by atoms with van der Waals surface area (Å²) >= 11 is 0. The maximum atomic E-state index is 12.6. The zero-order valence-corrected chi connectivity index (χ0v) is 15.0. The summed E-state index contributed by atoms with van der Waals surface area (Å²) in [6, 6.07) is 3.45. The van der Waals surface area contributed by atoms with Gasteiger partial charge in [-0.15, -0.1) is 0 Å². The first kappa shape index (κ1) is 18.9. The fourth-order valence-corrected chi connectivity index (χ4v) is 2.52. The van der Waals surface area contributed by atoms with Crippen LogP contribution >= 0.6 is 0 Å². The van der Waals surface area contributed by atoms with Crippen LogP contribution in [0.15, 0.2) is 41.4 Å². The number of carbonyl (C=O) groups is 3. The summed E-state index contributed by atoms with van der Waals surface area (Å²) in [5.41, 5.74) is 0.424. The van der Waals surface area contributed by atoms with Crippen molar-refractivity contribution in [3.8, 4) is 0 Å². The smallest absolute Gasteiger partial charge is 0.338 e. The molecule has 0 aromatic carbocycles. The second-order valence-electron chi connectivity index (χ2n) is 5.76. The number of anilines is 1. The van der Waals surface area contributed by atoms with Crippen molar-refractivity contribution < 1.29 is 23.9 Å². The number of aromatic carboxylic acids is 1. The zero-order valence-electron chi connectivity index (χ0n) is 15.0. The predicted molar refractivity (Wildman–Crippen MR) is 95.6 cm³/mol. The van der Waals surface area contributed by atoms with Gasteiger partial charge in [-0.25, -0.2) is 4.79 Å². The van der Waals surface area contributed by atoms with Crippen molar-refractivity contribution in [3.63, 3.8) is 0 Å². The van der Waals surface area contributed by atoms with Crippen molar-refractivity contribution in [2.24, 2.45) is 0 Å². The highest BCUT2D eigenvalue weighted by atomic mass is 16.4. The molecule has 0 aliphatic heterocycles. The molecule has 0 radical (unpaired) electrons. The third kappa shape index (κ3) is 4.26. The molecule has 0 spiro atoms. The monoisotopic (exact) mass is 386 g/mol. The molecular formula is C17H18N6O5. The van der Waals surface area contributed by atoms with E-state index in [2.05, 4.69) is 20.8 Å². The molecule has 3 heterocycles. The lowest BCUT2D eigenvalue weighted by Gasteiger charge is -2.09. The van der Waals surface area contributed by atoms with Gasteiger partial charge in [-0.3, -0.25) is 19.0 Å². The maximum absolute atomic E-state index is 12.6. The molecule has 0 fully saturated rings. The summed E-state index contributed by atoms with van der Waals surface area (Å²) in [5.74, 6) is -1.44. The first-order valence-electron chi connectivity index (χ1n) is 8.40. The number of hydrogen-bond acceptors (Lipinski definition) is 6. The highest BCUT2D eigenvalue weighted by Gasteiger charge is 2.20. The van der Waals surface area contributed by atoms with Crippen LogP contribution in [0.3, 0.4) is 0 Å². The van der Waals surface area contributed by atoms with E-state index in [1.165, 1.54) is 28.0 Å². The Kier molecular flexibility index (Phi) is 5.53. The second kappa shape index (κ2) is 8.20. The zero-order chi connectivity index (χ0) is 20.1. The van der Waals surface area contributed by atoms with E-state index in [0.717, 1.165) is 6.20 Å². The molecule has 11 nitrogen and oxygen atoms in total. The van der Waals surface area contributed by atoms with E-state index in [4.69, 9.17) is 9.52 Å². The number of carbonyl (C=O) groups excluding carboxylic acids is 2. The van der Waals surface area contributed by atoms with Crippen LogP contribution in [0.2, 0.25) is 0 Å². The van der Waals surface area contributed by atoms with E-state index in [-0.39, 0.29) is 30.0 Å². The Bertz CT molecular complexity index is 988. The number of aromatic nitrogens is 4. The number of furan rings is 1. The molecule has 3 aromatic rings. The van der Waals surface area contributed by atoms with Crippen LogP contribution in [-0.2, 0) is 24.4 Å². The average molecular weight is 386 g/mol. The predicted octanol–water partition coefficient (Wildman–Crippen LogP) is 0.959. The molecule has 0 saturated carbocycles. The van der Waals surface area contributed by atoms with Gasteiger partial charge in [0.1, 0.15) is 18.0 Å². The highest BCUT2D eigenvalue weighted by molar-refractivity contribution is 6.02. The molecule has 3 N–H and O–H groups in total. The van der Waals surface area contributed by atoms with Crippen molar-refractivity contribution in [2.75, 3.05) is 5.32 Å². The topological polar surface area (TPSA) is 144 Å². The minimum absolute atomic E-state index is 0.0235. The standard InChI is InChI=1S/C17H18N6O5/c1-2-23-15(16(25)18-7-12-4-3-5-28-12)13(8-20-23)21-14(24)10-22-9-11(6-19-22)17(26)27/h3-6,8-9H,2,7,10H2,1H3,(H,18,25)(H,21,24)(H,26,27). The van der Waals surface area contributed by atoms with Crippen LogP contribution in [0.1, 0.15) is 33.5 Å². The number of hydrogen-bond donors (Lipinski definition) is 3. The van der Waals surface area contributed by atoms with Gasteiger partial charge >= 0.3 is 5.97 Å². The number of aryl methyl sites for hydroxylation is 1. The quantitative estimate of drug-likeness (QED) is 0.523. The first-order valence-corrected chi connectivity index (χ1v) is 8.40. The number of amides is 2. The summed E-state index contributed by atoms with van der Waals surface area (Å²) in [7, 11) is 0. The van der Waals surface area contributed by atoms with Crippen molar-refractivity contribution in [1.82, 2.24) is 24.9 Å². The van der Waals surface area contributed by atoms with Crippen molar-refractivity contribution in [2.45, 2.75) is 26.6 Å². The van der Waals surface area contributed by atoms with Gasteiger partial charge in [0.25, 0.3) is 5.91 Å². The molecule has 146 valence electrons. The molecule has 0 aliphatic rings. The van der Waals surface area contributed by atoms with Gasteiger partial charge in [0, 0.05) is 12.7 Å². The van der Waals surface area contributed by atoms with Gasteiger partial charge in [0.05, 0.1) is 36.5 Å². The molecule has 3 rings (SSSR count). The Hall–Kier alpha value is -3.89. The van der Waals surface area contributed by atoms with Crippen LogP contribution in [0.4, 0.5) is 5.69 Å². The molecule has 11 heteroatoms. The Labute approximate surface area is 158 Å². The number of nitrogens with zero attached hydrogens (tertiary/aromatic N) is 4. The Balaban J connectivity index is 1.69. The molecule has 0 unspecified atom stereocenters. The molecule has 0 aliphatic carbocycles. The summed E-state index contributed by atoms with van der Waals surface area (Å²) in [6.45, 7) is 2.23. The Morgan fingerprint density at radius 2 is 2.07 bits per heavy atom. The summed E-state index contributed by atoms with van der Waals surface area (Å²) in [4.78, 5) is 35.7. The van der Waals surface area contributed by atoms with Gasteiger partial charge in [0.2, 0.25) is 5.91 Å². The van der Waals surface area contributed by atoms with E-state index >= 15 is 0 Å². The average Bonchev–Trinajstić information content (AvgIpc) is 3.40. The maximum Gasteiger partial charge on any atom is 0.338 e. The second-order valence-corrected chi connectivity index (χ2v) is 5.76. The molecule has 28 heavy (non-hydrogen) atoms. The van der Waals surface area contributed by atoms with Crippen LogP contribution in [0.5, 0.6) is 0 Å². The third-order valence-electron chi connectivity index (χ3n) is 3.82. The lowest BCUT2D eigenvalue weighted by Crippen LogP contribution is -2.27. The molecule has 0 saturated heterocycles. The van der Waals surface area contributed by atoms with E-state index in [1.54, 1.807) is 12.1 Å². The third-order valence-corrected chi connectivity index (χ3v) is 3.82. The fraction of sp³-hybridized carbons (Fsp3) is 0.235. The SMILES string of the molecule is CCn1ncc(NC(=O)Cn2cc(C(=O)O)cn2)c1C(=O)NCc1ccco1. The van der Waals surface area contributed by atoms with Crippen LogP contribution < -0.4 is 10.6 Å². The lowest BCUT2D eigenvalue weighted by molar-refractivity contribution is -0.116. The normalized spacial score (nSPS) is 10.6. The van der Waals surface area contributed by atoms with E-state index in [9.17, 15) is 14.4 Å². The molecular weight excluding hydrogens is 368 g/mol. The Morgan fingerprint density at radius 1 is 1.25 bits per heavy atom. The lowest BCUT2D eigenvalue weighted by atomic mass is 10.3.